The Kier molecular flexibility index (Phi) is 5.65. The fraction of sp³-hybridized carbons (Fsp3) is 0.286. The van der Waals surface area contributed by atoms with Gasteiger partial charge in [0, 0.05) is 18.0 Å². The smallest absolute Gasteiger partial charge is 0.350 e. The van der Waals surface area contributed by atoms with Crippen LogP contribution < -0.4 is 0 Å². The Morgan fingerprint density at radius 2 is 1.75 bits per heavy atom. The van der Waals surface area contributed by atoms with Crippen LogP contribution >= 0.6 is 11.3 Å². The molecule has 3 rings (SSSR count). The van der Waals surface area contributed by atoms with Gasteiger partial charge >= 0.3 is 5.97 Å². The summed E-state index contributed by atoms with van der Waals surface area (Å²) in [5.74, 6) is 0.0419. The van der Waals surface area contributed by atoms with Gasteiger partial charge in [0.25, 0.3) is 0 Å². The van der Waals surface area contributed by atoms with E-state index in [1.165, 1.54) is 11.3 Å². The van der Waals surface area contributed by atoms with E-state index in [-0.39, 0.29) is 12.4 Å². The van der Waals surface area contributed by atoms with Gasteiger partial charge in [-0.15, -0.1) is 11.3 Å². The molecular formula is C21H21N3O3S. The summed E-state index contributed by atoms with van der Waals surface area (Å²) in [5, 5.41) is 0.576. The van der Waals surface area contributed by atoms with Gasteiger partial charge in [-0.25, -0.2) is 19.7 Å². The number of ketones is 1. The predicted molar refractivity (Wildman–Crippen MR) is 108 cm³/mol. The topological polar surface area (TPSA) is 82.0 Å². The second-order valence-corrected chi connectivity index (χ2v) is 7.63. The third-order valence-corrected chi connectivity index (χ3v) is 5.70. The van der Waals surface area contributed by atoms with Crippen molar-refractivity contribution in [2.24, 2.45) is 0 Å². The van der Waals surface area contributed by atoms with Crippen LogP contribution in [0.15, 0.2) is 24.5 Å². The quantitative estimate of drug-likeness (QED) is 0.471. The highest BCUT2D eigenvalue weighted by Crippen LogP contribution is 2.27. The average Bonchev–Trinajstić information content (AvgIpc) is 3.03. The molecule has 0 N–H and O–H groups in total. The Morgan fingerprint density at radius 3 is 2.39 bits per heavy atom. The maximum Gasteiger partial charge on any atom is 0.350 e. The summed E-state index contributed by atoms with van der Waals surface area (Å²) < 4.78 is 5.56. The third-order valence-electron chi connectivity index (χ3n) is 4.57. The van der Waals surface area contributed by atoms with Crippen LogP contribution in [-0.2, 0) is 11.3 Å². The lowest BCUT2D eigenvalue weighted by molar-refractivity contribution is 0.0476. The Morgan fingerprint density at radius 1 is 1.07 bits per heavy atom. The molecule has 0 bridgehead atoms. The summed E-state index contributed by atoms with van der Waals surface area (Å²) in [7, 11) is 0. The Labute approximate surface area is 167 Å². The van der Waals surface area contributed by atoms with Crippen molar-refractivity contribution < 1.29 is 14.3 Å². The van der Waals surface area contributed by atoms with E-state index in [0.29, 0.717) is 27.0 Å². The minimum atomic E-state index is -0.444. The number of nitrogens with zero attached hydrogens (tertiary/aromatic N) is 3. The molecule has 0 saturated heterocycles. The normalized spacial score (nSPS) is 10.8. The summed E-state index contributed by atoms with van der Waals surface area (Å²) >= 11 is 1.21. The van der Waals surface area contributed by atoms with Crippen molar-refractivity contribution in [3.05, 3.63) is 62.9 Å². The first-order valence-electron chi connectivity index (χ1n) is 8.82. The minimum absolute atomic E-state index is 0.00776. The lowest BCUT2D eigenvalue weighted by Crippen LogP contribution is -2.10. The van der Waals surface area contributed by atoms with Crippen LogP contribution in [0.3, 0.4) is 0 Å². The zero-order valence-corrected chi connectivity index (χ0v) is 17.3. The molecule has 3 aromatic rings. The van der Waals surface area contributed by atoms with Gasteiger partial charge < -0.3 is 4.74 Å². The summed E-state index contributed by atoms with van der Waals surface area (Å²) in [6.07, 6.45) is 3.26. The van der Waals surface area contributed by atoms with E-state index in [2.05, 4.69) is 15.0 Å². The Bertz CT molecular complexity index is 1060. The second-order valence-electron chi connectivity index (χ2n) is 6.63. The van der Waals surface area contributed by atoms with Crippen LogP contribution in [0.5, 0.6) is 0 Å². The highest BCUT2D eigenvalue weighted by atomic mass is 32.1. The number of aryl methyl sites for hydroxylation is 3. The van der Waals surface area contributed by atoms with Crippen molar-refractivity contribution >= 4 is 23.1 Å². The molecule has 0 aliphatic carbocycles. The summed E-state index contributed by atoms with van der Waals surface area (Å²) in [4.78, 5) is 37.7. The molecule has 1 aromatic carbocycles. The monoisotopic (exact) mass is 395 g/mol. The van der Waals surface area contributed by atoms with E-state index in [4.69, 9.17) is 4.74 Å². The molecule has 0 saturated carbocycles. The number of benzene rings is 1. The van der Waals surface area contributed by atoms with Gasteiger partial charge in [0.05, 0.1) is 5.69 Å². The molecule has 144 valence electrons. The van der Waals surface area contributed by atoms with E-state index in [1.54, 1.807) is 32.3 Å². The van der Waals surface area contributed by atoms with Crippen molar-refractivity contribution in [1.29, 1.82) is 0 Å². The Balaban J connectivity index is 1.83. The van der Waals surface area contributed by atoms with Crippen molar-refractivity contribution in [2.45, 2.75) is 41.2 Å². The molecule has 0 spiro atoms. The van der Waals surface area contributed by atoms with Gasteiger partial charge in [0.15, 0.2) is 16.6 Å². The third kappa shape index (κ3) is 3.84. The van der Waals surface area contributed by atoms with Crippen molar-refractivity contribution in [3.8, 4) is 10.8 Å². The molecule has 2 heterocycles. The number of Topliss-reactive ketones (excluding diaryl/α,β-unsaturated/α-hetero) is 1. The number of carbonyl (C=O) groups excluding carboxylic acids is 2. The highest BCUT2D eigenvalue weighted by Gasteiger charge is 2.20. The maximum atomic E-state index is 12.6. The van der Waals surface area contributed by atoms with Gasteiger partial charge in [-0.1, -0.05) is 6.07 Å². The fourth-order valence-corrected chi connectivity index (χ4v) is 4.19. The van der Waals surface area contributed by atoms with Gasteiger partial charge in [-0.3, -0.25) is 4.79 Å². The lowest BCUT2D eigenvalue weighted by Gasteiger charge is -2.15. The van der Waals surface area contributed by atoms with Gasteiger partial charge in [-0.2, -0.15) is 0 Å². The molecular weight excluding hydrogens is 374 g/mol. The van der Waals surface area contributed by atoms with Crippen LogP contribution in [-0.4, -0.2) is 26.7 Å². The van der Waals surface area contributed by atoms with Crippen LogP contribution in [0.4, 0.5) is 0 Å². The molecule has 0 unspecified atom stereocenters. The average molecular weight is 395 g/mol. The van der Waals surface area contributed by atoms with Crippen molar-refractivity contribution in [3.63, 3.8) is 0 Å². The molecule has 7 heteroatoms. The Hall–Kier alpha value is -2.93. The highest BCUT2D eigenvalue weighted by molar-refractivity contribution is 7.16. The van der Waals surface area contributed by atoms with Crippen LogP contribution in [0.25, 0.3) is 10.8 Å². The molecule has 0 aliphatic heterocycles. The van der Waals surface area contributed by atoms with Gasteiger partial charge in [0.2, 0.25) is 0 Å². The summed E-state index contributed by atoms with van der Waals surface area (Å²) in [5.41, 5.74) is 4.92. The van der Waals surface area contributed by atoms with Crippen molar-refractivity contribution in [1.82, 2.24) is 15.0 Å². The lowest BCUT2D eigenvalue weighted by atomic mass is 9.92. The van der Waals surface area contributed by atoms with Gasteiger partial charge in [0.1, 0.15) is 11.5 Å². The predicted octanol–water partition coefficient (Wildman–Crippen LogP) is 4.39. The number of ether oxygens (including phenoxy) is 1. The van der Waals surface area contributed by atoms with E-state index >= 15 is 0 Å². The maximum absolute atomic E-state index is 12.6. The molecule has 2 aromatic heterocycles. The molecule has 0 atom stereocenters. The number of thiazole rings is 1. The SMILES string of the molecule is CC(=O)c1c(C)cc(C)c(COC(=O)c2sc(-c3ncccn3)nc2C)c1C. The van der Waals surface area contributed by atoms with E-state index in [1.807, 2.05) is 26.8 Å². The molecule has 0 amide bonds. The first kappa shape index (κ1) is 19.8. The number of aromatic nitrogens is 3. The van der Waals surface area contributed by atoms with Crippen molar-refractivity contribution in [2.75, 3.05) is 0 Å². The zero-order chi connectivity index (χ0) is 20.4. The van der Waals surface area contributed by atoms with Crippen LogP contribution in [0.1, 0.15) is 54.9 Å². The summed E-state index contributed by atoms with van der Waals surface area (Å²) in [6.45, 7) is 9.18. The fourth-order valence-electron chi connectivity index (χ4n) is 3.28. The molecule has 0 radical (unpaired) electrons. The molecule has 28 heavy (non-hydrogen) atoms. The first-order valence-corrected chi connectivity index (χ1v) is 9.63. The standard InChI is InChI=1S/C21H21N3O3S/c1-11-9-12(2)17(15(5)25)13(3)16(11)10-27-21(26)18-14(4)24-20(28-18)19-22-7-6-8-23-19/h6-9H,10H2,1-5H3. The molecule has 0 fully saturated rings. The number of esters is 1. The van der Waals surface area contributed by atoms with E-state index < -0.39 is 5.97 Å². The largest absolute Gasteiger partial charge is 0.457 e. The first-order chi connectivity index (χ1) is 13.3. The van der Waals surface area contributed by atoms with E-state index in [9.17, 15) is 9.59 Å². The van der Waals surface area contributed by atoms with E-state index in [0.717, 1.165) is 22.3 Å². The molecule has 6 nitrogen and oxygen atoms in total. The number of rotatable bonds is 5. The minimum Gasteiger partial charge on any atom is -0.457 e. The zero-order valence-electron chi connectivity index (χ0n) is 16.5. The van der Waals surface area contributed by atoms with Crippen LogP contribution in [0, 0.1) is 27.7 Å². The van der Waals surface area contributed by atoms with Crippen LogP contribution in [0.2, 0.25) is 0 Å². The second kappa shape index (κ2) is 7.98. The number of carbonyl (C=O) groups is 2. The van der Waals surface area contributed by atoms with Gasteiger partial charge in [-0.05, 0) is 62.9 Å². The molecule has 0 aliphatic rings. The number of hydrogen-bond donors (Lipinski definition) is 0. The summed E-state index contributed by atoms with van der Waals surface area (Å²) in [6, 6.07) is 3.68. The number of hydrogen-bond acceptors (Lipinski definition) is 7.